The summed E-state index contributed by atoms with van der Waals surface area (Å²) in [6.45, 7) is 0. The van der Waals surface area contributed by atoms with E-state index in [1.807, 2.05) is 30.3 Å². The van der Waals surface area contributed by atoms with Gasteiger partial charge >= 0.3 is 0 Å². The Labute approximate surface area is 349 Å². The average molecular weight is 784 g/mol. The second-order valence-corrected chi connectivity index (χ2v) is 15.8. The van der Waals surface area contributed by atoms with Crippen molar-refractivity contribution < 1.29 is 13.6 Å². The molecule has 0 fully saturated rings. The fourth-order valence-electron chi connectivity index (χ4n) is 9.42. The summed E-state index contributed by atoms with van der Waals surface area (Å²) in [7, 11) is 0. The van der Waals surface area contributed by atoms with Gasteiger partial charge in [-0.2, -0.15) is 0 Å². The minimum atomic E-state index is -0.265. The number of fused-ring (bicyclic) bond motifs is 11. The predicted molar refractivity (Wildman–Crippen MR) is 244 cm³/mol. The molecule has 0 N–H and O–H groups in total. The first kappa shape index (κ1) is 33.8. The minimum absolute atomic E-state index is 0.245. The molecule has 11 aromatic rings. The van der Waals surface area contributed by atoms with Gasteiger partial charge in [0, 0.05) is 49.2 Å². The Bertz CT molecular complexity index is 3640. The molecule has 1 aliphatic heterocycles. The van der Waals surface area contributed by atoms with E-state index in [0.717, 1.165) is 105 Å². The Morgan fingerprint density at radius 3 is 2.05 bits per heavy atom. The first-order chi connectivity index (χ1) is 30.2. The smallest absolute Gasteiger partial charge is 0.164 e. The highest BCUT2D eigenvalue weighted by Crippen LogP contribution is 2.46. The highest BCUT2D eigenvalue weighted by atomic mass is 16.5. The lowest BCUT2D eigenvalue weighted by molar-refractivity contribution is 0.254. The number of rotatable bonds is 5. The molecule has 61 heavy (non-hydrogen) atoms. The van der Waals surface area contributed by atoms with Gasteiger partial charge in [0.15, 0.2) is 11.6 Å². The van der Waals surface area contributed by atoms with Crippen LogP contribution in [0.3, 0.4) is 0 Å². The lowest BCUT2D eigenvalue weighted by atomic mass is 9.88. The van der Waals surface area contributed by atoms with E-state index >= 15 is 0 Å². The Morgan fingerprint density at radius 1 is 0.443 bits per heavy atom. The van der Waals surface area contributed by atoms with Crippen LogP contribution < -0.4 is 4.74 Å². The van der Waals surface area contributed by atoms with Crippen molar-refractivity contribution in [3.05, 3.63) is 199 Å². The maximum atomic E-state index is 6.64. The van der Waals surface area contributed by atoms with Crippen LogP contribution in [0.4, 0.5) is 0 Å². The topological polar surface area (TPSA) is 74.2 Å². The fraction of sp³-hybridized carbons (Fsp3) is 0.0364. The standard InChI is InChI=1S/C55H33N3O3/c1-2-11-32(12-3-1)33-23-25-35(26-24-33)53-56-54(58-55(57-53)43-19-8-17-40-39-15-6-7-20-45(39)60-52(40)43)42-18-10-21-47-50(42)44-31-36(28-30-46(44)59-47)37-16-9-22-48-49(37)41-29-27-34-13-4-5-14-38(34)51(41)61-48/h1-31,43,52H. The summed E-state index contributed by atoms with van der Waals surface area (Å²) in [6, 6.07) is 58.6. The number of para-hydroxylation sites is 1. The van der Waals surface area contributed by atoms with Gasteiger partial charge in [0.2, 0.25) is 0 Å². The third-order valence-electron chi connectivity index (χ3n) is 12.3. The third-order valence-corrected chi connectivity index (χ3v) is 12.3. The van der Waals surface area contributed by atoms with Crippen LogP contribution in [-0.4, -0.2) is 21.1 Å². The number of hydrogen-bond acceptors (Lipinski definition) is 6. The van der Waals surface area contributed by atoms with E-state index in [-0.39, 0.29) is 12.0 Å². The molecule has 0 spiro atoms. The van der Waals surface area contributed by atoms with Gasteiger partial charge in [0.1, 0.15) is 40.0 Å². The highest BCUT2D eigenvalue weighted by molar-refractivity contribution is 6.20. The fourth-order valence-corrected chi connectivity index (χ4v) is 9.42. The molecule has 2 unspecified atom stereocenters. The van der Waals surface area contributed by atoms with E-state index in [0.29, 0.717) is 17.5 Å². The molecule has 6 heteroatoms. The van der Waals surface area contributed by atoms with E-state index in [1.54, 1.807) is 0 Å². The largest absolute Gasteiger partial charge is 0.484 e. The number of furan rings is 2. The van der Waals surface area contributed by atoms with Gasteiger partial charge in [0.05, 0.1) is 5.92 Å². The van der Waals surface area contributed by atoms with E-state index in [2.05, 4.69) is 158 Å². The van der Waals surface area contributed by atoms with Crippen LogP contribution in [0.1, 0.15) is 17.3 Å². The Kier molecular flexibility index (Phi) is 7.33. The second kappa shape index (κ2) is 13.2. The van der Waals surface area contributed by atoms with Crippen LogP contribution in [-0.2, 0) is 0 Å². The van der Waals surface area contributed by atoms with Crippen molar-refractivity contribution in [2.24, 2.45) is 0 Å². The summed E-state index contributed by atoms with van der Waals surface area (Å²) in [5.74, 6) is 2.43. The third kappa shape index (κ3) is 5.32. The number of allylic oxidation sites excluding steroid dienone is 2. The Morgan fingerprint density at radius 2 is 1.15 bits per heavy atom. The van der Waals surface area contributed by atoms with E-state index in [9.17, 15) is 0 Å². The quantitative estimate of drug-likeness (QED) is 0.173. The molecule has 1 aliphatic carbocycles. The van der Waals surface area contributed by atoms with Gasteiger partial charge in [-0.15, -0.1) is 0 Å². The summed E-state index contributed by atoms with van der Waals surface area (Å²) < 4.78 is 19.8. The van der Waals surface area contributed by atoms with Gasteiger partial charge in [-0.1, -0.05) is 152 Å². The van der Waals surface area contributed by atoms with Crippen LogP contribution in [0.25, 0.3) is 105 Å². The van der Waals surface area contributed by atoms with Crippen molar-refractivity contribution in [2.75, 3.05) is 0 Å². The van der Waals surface area contributed by atoms with E-state index in [4.69, 9.17) is 28.5 Å². The number of ether oxygens (including phenoxy) is 1. The van der Waals surface area contributed by atoms with Crippen LogP contribution in [0, 0.1) is 0 Å². The molecule has 6 nitrogen and oxygen atoms in total. The highest BCUT2D eigenvalue weighted by Gasteiger charge is 2.38. The molecular formula is C55H33N3O3. The van der Waals surface area contributed by atoms with Crippen molar-refractivity contribution in [3.63, 3.8) is 0 Å². The normalized spacial score (nSPS) is 15.7. The zero-order valence-electron chi connectivity index (χ0n) is 32.6. The summed E-state index contributed by atoms with van der Waals surface area (Å²) in [4.78, 5) is 15.8. The Balaban J connectivity index is 0.987. The van der Waals surface area contributed by atoms with E-state index < -0.39 is 0 Å². The average Bonchev–Trinajstić information content (AvgIpc) is 4.03. The van der Waals surface area contributed by atoms with Gasteiger partial charge < -0.3 is 13.6 Å². The molecule has 0 radical (unpaired) electrons. The summed E-state index contributed by atoms with van der Waals surface area (Å²) in [6.07, 6.45) is 6.12. The first-order valence-electron chi connectivity index (χ1n) is 20.6. The van der Waals surface area contributed by atoms with Crippen molar-refractivity contribution in [1.82, 2.24) is 15.0 Å². The summed E-state index contributed by atoms with van der Waals surface area (Å²) >= 11 is 0. The number of aromatic nitrogens is 3. The molecule has 286 valence electrons. The molecule has 0 amide bonds. The molecule has 3 aromatic heterocycles. The molecule has 4 heterocycles. The number of benzene rings is 8. The monoisotopic (exact) mass is 783 g/mol. The van der Waals surface area contributed by atoms with Gasteiger partial charge in [-0.3, -0.25) is 0 Å². The van der Waals surface area contributed by atoms with Gasteiger partial charge in [-0.05, 0) is 64.0 Å². The van der Waals surface area contributed by atoms with Crippen molar-refractivity contribution in [1.29, 1.82) is 0 Å². The lowest BCUT2D eigenvalue weighted by Crippen LogP contribution is -2.25. The zero-order valence-corrected chi connectivity index (χ0v) is 32.6. The van der Waals surface area contributed by atoms with Gasteiger partial charge in [-0.25, -0.2) is 15.0 Å². The first-order valence-corrected chi connectivity index (χ1v) is 20.6. The minimum Gasteiger partial charge on any atom is -0.484 e. The van der Waals surface area contributed by atoms with Crippen LogP contribution >= 0.6 is 0 Å². The lowest BCUT2D eigenvalue weighted by Gasteiger charge is -2.23. The molecule has 8 aromatic carbocycles. The van der Waals surface area contributed by atoms with Crippen molar-refractivity contribution in [3.8, 4) is 50.8 Å². The Hall–Kier alpha value is -8.09. The predicted octanol–water partition coefficient (Wildman–Crippen LogP) is 14.0. The molecule has 0 bridgehead atoms. The molecule has 2 atom stereocenters. The van der Waals surface area contributed by atoms with Gasteiger partial charge in [0.25, 0.3) is 0 Å². The van der Waals surface area contributed by atoms with Crippen LogP contribution in [0.5, 0.6) is 5.75 Å². The molecule has 0 saturated carbocycles. The maximum absolute atomic E-state index is 6.64. The molecular weight excluding hydrogens is 751 g/mol. The van der Waals surface area contributed by atoms with Crippen LogP contribution in [0.15, 0.2) is 197 Å². The van der Waals surface area contributed by atoms with E-state index in [1.165, 1.54) is 0 Å². The zero-order chi connectivity index (χ0) is 40.0. The van der Waals surface area contributed by atoms with Crippen molar-refractivity contribution in [2.45, 2.75) is 12.0 Å². The summed E-state index contributed by atoms with van der Waals surface area (Å²) in [5.41, 5.74) is 11.7. The number of hydrogen-bond donors (Lipinski definition) is 0. The molecule has 13 rings (SSSR count). The van der Waals surface area contributed by atoms with Crippen LogP contribution in [0.2, 0.25) is 0 Å². The SMILES string of the molecule is C1=CC(c2nc(-c3ccc(-c4ccccc4)cc3)nc(-c3cccc4oc5ccc(-c6cccc7oc8c9ccccc9ccc8c67)cc5c34)n2)C2Oc3ccccc3C2=C1. The second-order valence-electron chi connectivity index (χ2n) is 15.8. The molecule has 0 saturated heterocycles. The number of nitrogens with zero attached hydrogens (tertiary/aromatic N) is 3. The maximum Gasteiger partial charge on any atom is 0.164 e. The summed E-state index contributed by atoms with van der Waals surface area (Å²) in [5, 5.41) is 6.36. The van der Waals surface area contributed by atoms with Crippen molar-refractivity contribution >= 4 is 60.2 Å². The molecule has 2 aliphatic rings.